The van der Waals surface area contributed by atoms with Gasteiger partial charge in [0.1, 0.15) is 4.90 Å². The van der Waals surface area contributed by atoms with E-state index in [4.69, 9.17) is 23.8 Å². The van der Waals surface area contributed by atoms with E-state index in [2.05, 4.69) is 15.4 Å². The van der Waals surface area contributed by atoms with Crippen molar-refractivity contribution in [3.63, 3.8) is 0 Å². The summed E-state index contributed by atoms with van der Waals surface area (Å²) in [6.45, 7) is 1.29. The van der Waals surface area contributed by atoms with Crippen molar-refractivity contribution in [2.45, 2.75) is 36.4 Å². The lowest BCUT2D eigenvalue weighted by Crippen LogP contribution is -2.37. The second-order valence-corrected chi connectivity index (χ2v) is 11.3. The SMILES string of the molecule is O=C(NC(=S)Nc1ccc(N2CCCC2)c(S(=O)(=O)NC2C=CC=C(C(F)(F)F)C2)c1)c1ccccc1Cl. The first kappa shape index (κ1) is 28.1. The molecule has 1 atom stereocenters. The summed E-state index contributed by atoms with van der Waals surface area (Å²) in [7, 11) is -4.25. The lowest BCUT2D eigenvalue weighted by Gasteiger charge is -2.25. The summed E-state index contributed by atoms with van der Waals surface area (Å²) >= 11 is 11.3. The van der Waals surface area contributed by atoms with Crippen LogP contribution < -0.4 is 20.3 Å². The molecule has 1 unspecified atom stereocenters. The Morgan fingerprint density at radius 1 is 1.11 bits per heavy atom. The molecule has 38 heavy (non-hydrogen) atoms. The van der Waals surface area contributed by atoms with Gasteiger partial charge in [-0.2, -0.15) is 13.2 Å². The molecule has 1 aliphatic heterocycles. The molecule has 1 aliphatic carbocycles. The molecule has 1 amide bonds. The Bertz CT molecular complexity index is 1400. The third kappa shape index (κ3) is 6.73. The van der Waals surface area contributed by atoms with Gasteiger partial charge in [0.05, 0.1) is 16.3 Å². The summed E-state index contributed by atoms with van der Waals surface area (Å²) in [5.41, 5.74) is 0.0938. The van der Waals surface area contributed by atoms with Crippen LogP contribution in [0, 0.1) is 0 Å². The van der Waals surface area contributed by atoms with Gasteiger partial charge >= 0.3 is 6.18 Å². The fourth-order valence-electron chi connectivity index (χ4n) is 4.24. The Balaban J connectivity index is 1.56. The monoisotopic (exact) mass is 584 g/mol. The lowest BCUT2D eigenvalue weighted by molar-refractivity contribution is -0.0945. The number of anilines is 2. The van der Waals surface area contributed by atoms with E-state index in [0.29, 0.717) is 18.8 Å². The highest BCUT2D eigenvalue weighted by atomic mass is 35.5. The van der Waals surface area contributed by atoms with Gasteiger partial charge < -0.3 is 10.2 Å². The Labute approximate surface area is 228 Å². The summed E-state index contributed by atoms with van der Waals surface area (Å²) in [6.07, 6.45) is 0.204. The predicted molar refractivity (Wildman–Crippen MR) is 145 cm³/mol. The maximum atomic E-state index is 13.5. The molecular formula is C25H24ClF3N4O3S2. The molecule has 2 aliphatic rings. The fourth-order valence-corrected chi connectivity index (χ4v) is 6.11. The molecule has 0 saturated carbocycles. The van der Waals surface area contributed by atoms with Crippen molar-refractivity contribution in [1.82, 2.24) is 10.0 Å². The number of nitrogens with one attached hydrogen (secondary N) is 3. The third-order valence-electron chi connectivity index (χ3n) is 6.05. The van der Waals surface area contributed by atoms with Crippen molar-refractivity contribution < 1.29 is 26.4 Å². The van der Waals surface area contributed by atoms with Gasteiger partial charge in [0.2, 0.25) is 10.0 Å². The van der Waals surface area contributed by atoms with E-state index in [1.54, 1.807) is 30.3 Å². The molecular weight excluding hydrogens is 561 g/mol. The van der Waals surface area contributed by atoms with Crippen LogP contribution in [-0.2, 0) is 10.0 Å². The molecule has 0 spiro atoms. The highest BCUT2D eigenvalue weighted by Crippen LogP contribution is 2.34. The van der Waals surface area contributed by atoms with Crippen LogP contribution in [0.15, 0.2) is 71.2 Å². The van der Waals surface area contributed by atoms with Crippen LogP contribution in [0.5, 0.6) is 0 Å². The lowest BCUT2D eigenvalue weighted by atomic mass is 10.0. The fraction of sp³-hybridized carbons (Fsp3) is 0.280. The number of rotatable bonds is 6. The summed E-state index contributed by atoms with van der Waals surface area (Å²) in [6, 6.07) is 9.91. The minimum atomic E-state index is -4.55. The van der Waals surface area contributed by atoms with Gasteiger partial charge in [0, 0.05) is 30.4 Å². The van der Waals surface area contributed by atoms with E-state index >= 15 is 0 Å². The number of nitrogens with zero attached hydrogens (tertiary/aromatic N) is 1. The molecule has 2 aromatic carbocycles. The maximum Gasteiger partial charge on any atom is 0.412 e. The van der Waals surface area contributed by atoms with E-state index in [9.17, 15) is 26.4 Å². The molecule has 1 fully saturated rings. The van der Waals surface area contributed by atoms with Crippen molar-refractivity contribution in [3.8, 4) is 0 Å². The van der Waals surface area contributed by atoms with Crippen LogP contribution >= 0.6 is 23.8 Å². The first-order chi connectivity index (χ1) is 17.9. The molecule has 0 radical (unpaired) electrons. The Hall–Kier alpha value is -2.93. The van der Waals surface area contributed by atoms with Gasteiger partial charge in [0.15, 0.2) is 5.11 Å². The van der Waals surface area contributed by atoms with E-state index < -0.39 is 40.1 Å². The zero-order valence-corrected chi connectivity index (χ0v) is 22.3. The van der Waals surface area contributed by atoms with Crippen LogP contribution in [0.4, 0.5) is 24.5 Å². The maximum absolute atomic E-state index is 13.5. The Kier molecular flexibility index (Phi) is 8.46. The minimum absolute atomic E-state index is 0.0877. The van der Waals surface area contributed by atoms with Gasteiger partial charge in [-0.1, -0.05) is 42.0 Å². The van der Waals surface area contributed by atoms with Crippen molar-refractivity contribution in [1.29, 1.82) is 0 Å². The smallest absolute Gasteiger partial charge is 0.370 e. The quantitative estimate of drug-likeness (QED) is 0.406. The number of allylic oxidation sites excluding steroid dienone is 2. The van der Waals surface area contributed by atoms with Crippen LogP contribution in [0.25, 0.3) is 0 Å². The summed E-state index contributed by atoms with van der Waals surface area (Å²) in [5.74, 6) is -0.547. The number of carbonyl (C=O) groups is 1. The molecule has 0 aromatic heterocycles. The zero-order valence-electron chi connectivity index (χ0n) is 19.9. The number of sulfonamides is 1. The van der Waals surface area contributed by atoms with E-state index in [1.807, 2.05) is 4.90 Å². The second kappa shape index (κ2) is 11.4. The van der Waals surface area contributed by atoms with Crippen LogP contribution in [0.2, 0.25) is 5.02 Å². The van der Waals surface area contributed by atoms with Crippen LogP contribution in [0.1, 0.15) is 29.6 Å². The topological polar surface area (TPSA) is 90.5 Å². The van der Waals surface area contributed by atoms with Gasteiger partial charge in [0.25, 0.3) is 5.91 Å². The van der Waals surface area contributed by atoms with Gasteiger partial charge in [-0.3, -0.25) is 10.1 Å². The number of hydrogen-bond acceptors (Lipinski definition) is 5. The predicted octanol–water partition coefficient (Wildman–Crippen LogP) is 5.16. The first-order valence-electron chi connectivity index (χ1n) is 11.7. The molecule has 2 aromatic rings. The number of benzene rings is 2. The molecule has 1 heterocycles. The number of halogens is 4. The number of amides is 1. The van der Waals surface area contributed by atoms with Gasteiger partial charge in [-0.05, 0) is 61.8 Å². The average molecular weight is 585 g/mol. The molecule has 13 heteroatoms. The van der Waals surface area contributed by atoms with E-state index in [0.717, 1.165) is 18.9 Å². The zero-order chi connectivity index (χ0) is 27.5. The van der Waals surface area contributed by atoms with Crippen LogP contribution in [0.3, 0.4) is 0 Å². The number of carbonyl (C=O) groups excluding carboxylic acids is 1. The number of hydrogen-bond donors (Lipinski definition) is 3. The Morgan fingerprint density at radius 2 is 1.82 bits per heavy atom. The van der Waals surface area contributed by atoms with Gasteiger partial charge in [-0.25, -0.2) is 13.1 Å². The van der Waals surface area contributed by atoms with Gasteiger partial charge in [-0.15, -0.1) is 0 Å². The highest BCUT2D eigenvalue weighted by Gasteiger charge is 2.36. The van der Waals surface area contributed by atoms with Crippen molar-refractivity contribution in [2.24, 2.45) is 0 Å². The summed E-state index contributed by atoms with van der Waals surface area (Å²) < 4.78 is 68.9. The molecule has 3 N–H and O–H groups in total. The molecule has 202 valence electrons. The largest absolute Gasteiger partial charge is 0.412 e. The number of alkyl halides is 3. The minimum Gasteiger partial charge on any atom is -0.370 e. The number of thiocarbonyl (C=S) groups is 1. The Morgan fingerprint density at radius 3 is 2.50 bits per heavy atom. The van der Waals surface area contributed by atoms with Crippen molar-refractivity contribution >= 4 is 56.2 Å². The standard InChI is InChI=1S/C25H24ClF3N4O3S2/c26-20-9-2-1-8-19(20)23(34)31-24(37)30-17-10-11-21(33-12-3-4-13-33)22(15-17)38(35,36)32-18-7-5-6-16(14-18)25(27,28)29/h1-2,5-11,15,18,32H,3-4,12-14H2,(H2,30,31,34,37). The molecule has 7 nitrogen and oxygen atoms in total. The molecule has 1 saturated heterocycles. The third-order valence-corrected chi connectivity index (χ3v) is 8.10. The van der Waals surface area contributed by atoms with Crippen LogP contribution in [-0.4, -0.2) is 44.7 Å². The molecule has 0 bridgehead atoms. The van der Waals surface area contributed by atoms with Crippen molar-refractivity contribution in [3.05, 3.63) is 76.9 Å². The molecule has 4 rings (SSSR count). The second-order valence-electron chi connectivity index (χ2n) is 8.77. The highest BCUT2D eigenvalue weighted by molar-refractivity contribution is 7.89. The normalized spacial score (nSPS) is 17.7. The first-order valence-corrected chi connectivity index (χ1v) is 13.9. The average Bonchev–Trinajstić information content (AvgIpc) is 3.38. The summed E-state index contributed by atoms with van der Waals surface area (Å²) in [5, 5.41) is 5.45. The van der Waals surface area contributed by atoms with E-state index in [-0.39, 0.29) is 26.3 Å². The van der Waals surface area contributed by atoms with Crippen molar-refractivity contribution in [2.75, 3.05) is 23.3 Å². The van der Waals surface area contributed by atoms with E-state index in [1.165, 1.54) is 24.3 Å². The summed E-state index contributed by atoms with van der Waals surface area (Å²) in [4.78, 5) is 14.3.